The quantitative estimate of drug-likeness (QED) is 0.863. The Morgan fingerprint density at radius 1 is 1.55 bits per heavy atom. The van der Waals surface area contributed by atoms with Crippen molar-refractivity contribution in [1.29, 1.82) is 0 Å². The molecule has 0 radical (unpaired) electrons. The molecule has 6 nitrogen and oxygen atoms in total. The zero-order valence-electron chi connectivity index (χ0n) is 11.4. The number of rotatable bonds is 2. The van der Waals surface area contributed by atoms with Crippen molar-refractivity contribution < 1.29 is 27.1 Å². The first kappa shape index (κ1) is 14.5. The fourth-order valence-electron chi connectivity index (χ4n) is 2.50. The number of nitrogens with zero attached hydrogens (tertiary/aromatic N) is 2. The third kappa shape index (κ3) is 2.32. The van der Waals surface area contributed by atoms with Gasteiger partial charge in [0.2, 0.25) is 0 Å². The molecule has 22 heavy (non-hydrogen) atoms. The SMILES string of the molecule is COC(=O)c1cnn2c1N[C@H](c1ccco1)C[C@@H]2C(F)(F)F. The van der Waals surface area contributed by atoms with Crippen LogP contribution in [-0.2, 0) is 4.74 Å². The Bertz CT molecular complexity index is 679. The normalized spacial score (nSPS) is 21.1. The lowest BCUT2D eigenvalue weighted by atomic mass is 10.0. The summed E-state index contributed by atoms with van der Waals surface area (Å²) < 4.78 is 50.4. The molecule has 2 aromatic rings. The number of carbonyl (C=O) groups excluding carboxylic acids is 1. The minimum atomic E-state index is -4.50. The van der Waals surface area contributed by atoms with Gasteiger partial charge < -0.3 is 14.5 Å². The molecule has 0 aliphatic carbocycles. The first-order valence-electron chi connectivity index (χ1n) is 6.44. The lowest BCUT2D eigenvalue weighted by Gasteiger charge is -2.32. The second-order valence-corrected chi connectivity index (χ2v) is 4.85. The van der Waals surface area contributed by atoms with Crippen molar-refractivity contribution in [2.75, 3.05) is 12.4 Å². The molecule has 3 heterocycles. The van der Waals surface area contributed by atoms with Crippen molar-refractivity contribution in [2.24, 2.45) is 0 Å². The van der Waals surface area contributed by atoms with Gasteiger partial charge in [-0.05, 0) is 12.1 Å². The van der Waals surface area contributed by atoms with Gasteiger partial charge in [-0.2, -0.15) is 18.3 Å². The smallest absolute Gasteiger partial charge is 0.410 e. The van der Waals surface area contributed by atoms with E-state index >= 15 is 0 Å². The molecule has 2 atom stereocenters. The Labute approximate surface area is 122 Å². The summed E-state index contributed by atoms with van der Waals surface area (Å²) in [5.74, 6) is -0.422. The molecular weight excluding hydrogens is 303 g/mol. The van der Waals surface area contributed by atoms with Gasteiger partial charge in [-0.25, -0.2) is 9.48 Å². The minimum absolute atomic E-state index is 0.0261. The van der Waals surface area contributed by atoms with E-state index in [1.165, 1.54) is 6.26 Å². The first-order chi connectivity index (χ1) is 10.4. The Balaban J connectivity index is 2.06. The van der Waals surface area contributed by atoms with Crippen LogP contribution in [0.5, 0.6) is 0 Å². The average Bonchev–Trinajstić information content (AvgIpc) is 3.13. The number of furan rings is 1. The summed E-state index contributed by atoms with van der Waals surface area (Å²) in [5.41, 5.74) is -0.0481. The van der Waals surface area contributed by atoms with Gasteiger partial charge in [-0.3, -0.25) is 0 Å². The molecule has 2 aromatic heterocycles. The fourth-order valence-corrected chi connectivity index (χ4v) is 2.50. The number of halogens is 3. The van der Waals surface area contributed by atoms with Gasteiger partial charge in [0.1, 0.15) is 17.1 Å². The van der Waals surface area contributed by atoms with Crippen LogP contribution in [0, 0.1) is 0 Å². The van der Waals surface area contributed by atoms with Gasteiger partial charge in [0.05, 0.1) is 25.6 Å². The summed E-state index contributed by atoms with van der Waals surface area (Å²) in [6.07, 6.45) is -2.34. The highest BCUT2D eigenvalue weighted by Crippen LogP contribution is 2.44. The zero-order valence-corrected chi connectivity index (χ0v) is 11.4. The van der Waals surface area contributed by atoms with Crippen LogP contribution in [-0.4, -0.2) is 29.0 Å². The van der Waals surface area contributed by atoms with Crippen molar-refractivity contribution in [3.63, 3.8) is 0 Å². The summed E-state index contributed by atoms with van der Waals surface area (Å²) in [6.45, 7) is 0. The Kier molecular flexibility index (Phi) is 3.34. The molecule has 3 rings (SSSR count). The van der Waals surface area contributed by atoms with Crippen molar-refractivity contribution in [3.8, 4) is 0 Å². The number of nitrogens with one attached hydrogen (secondary N) is 1. The number of hydrogen-bond donors (Lipinski definition) is 1. The summed E-state index contributed by atoms with van der Waals surface area (Å²) >= 11 is 0. The second-order valence-electron chi connectivity index (χ2n) is 4.85. The number of esters is 1. The molecule has 0 bridgehead atoms. The predicted octanol–water partition coefficient (Wildman–Crippen LogP) is 2.92. The van der Waals surface area contributed by atoms with Crippen LogP contribution in [0.4, 0.5) is 19.0 Å². The second kappa shape index (κ2) is 5.08. The van der Waals surface area contributed by atoms with E-state index < -0.39 is 24.2 Å². The standard InChI is InChI=1S/C13H12F3N3O3/c1-21-12(20)7-6-17-19-10(13(14,15)16)5-8(18-11(7)19)9-3-2-4-22-9/h2-4,6,8,10,18H,5H2,1H3/t8-,10+/m0/s1. The van der Waals surface area contributed by atoms with E-state index in [0.29, 0.717) is 5.76 Å². The van der Waals surface area contributed by atoms with Crippen LogP contribution in [0.1, 0.15) is 34.6 Å². The molecule has 0 spiro atoms. The summed E-state index contributed by atoms with van der Waals surface area (Å²) in [6, 6.07) is 0.605. The number of methoxy groups -OCH3 is 1. The third-order valence-corrected chi connectivity index (χ3v) is 3.53. The number of ether oxygens (including phenoxy) is 1. The summed E-state index contributed by atoms with van der Waals surface area (Å²) in [4.78, 5) is 11.7. The van der Waals surface area contributed by atoms with E-state index in [1.54, 1.807) is 12.1 Å². The number of fused-ring (bicyclic) bond motifs is 1. The molecular formula is C13H12F3N3O3. The Hall–Kier alpha value is -2.45. The average molecular weight is 315 g/mol. The van der Waals surface area contributed by atoms with Crippen molar-refractivity contribution in [3.05, 3.63) is 35.9 Å². The number of hydrogen-bond acceptors (Lipinski definition) is 5. The molecule has 0 saturated carbocycles. The molecule has 118 valence electrons. The molecule has 0 amide bonds. The summed E-state index contributed by atoms with van der Waals surface area (Å²) in [7, 11) is 1.15. The van der Waals surface area contributed by atoms with Gasteiger partial charge in [0, 0.05) is 6.42 Å². The lowest BCUT2D eigenvalue weighted by Crippen LogP contribution is -2.36. The fraction of sp³-hybridized carbons (Fsp3) is 0.385. The third-order valence-electron chi connectivity index (χ3n) is 3.53. The van der Waals surface area contributed by atoms with Crippen molar-refractivity contribution in [1.82, 2.24) is 9.78 Å². The van der Waals surface area contributed by atoms with Gasteiger partial charge >= 0.3 is 12.1 Å². The van der Waals surface area contributed by atoms with Crippen molar-refractivity contribution in [2.45, 2.75) is 24.7 Å². The highest BCUT2D eigenvalue weighted by molar-refractivity contribution is 5.94. The lowest BCUT2D eigenvalue weighted by molar-refractivity contribution is -0.174. The maximum atomic E-state index is 13.3. The molecule has 1 N–H and O–H groups in total. The van der Waals surface area contributed by atoms with Gasteiger partial charge in [0.15, 0.2) is 6.04 Å². The maximum Gasteiger partial charge on any atom is 0.410 e. The molecule has 1 aliphatic rings. The molecule has 1 aliphatic heterocycles. The van der Waals surface area contributed by atoms with Gasteiger partial charge in [-0.1, -0.05) is 0 Å². The largest absolute Gasteiger partial charge is 0.467 e. The van der Waals surface area contributed by atoms with E-state index in [-0.39, 0.29) is 17.8 Å². The molecule has 0 unspecified atom stereocenters. The number of alkyl halides is 3. The zero-order chi connectivity index (χ0) is 15.9. The number of aromatic nitrogens is 2. The highest BCUT2D eigenvalue weighted by atomic mass is 19.4. The number of anilines is 1. The van der Waals surface area contributed by atoms with E-state index in [0.717, 1.165) is 18.0 Å². The van der Waals surface area contributed by atoms with Crippen LogP contribution in [0.15, 0.2) is 29.0 Å². The first-order valence-corrected chi connectivity index (χ1v) is 6.44. The van der Waals surface area contributed by atoms with Crippen LogP contribution in [0.2, 0.25) is 0 Å². The van der Waals surface area contributed by atoms with E-state index in [4.69, 9.17) is 4.42 Å². The molecule has 0 fully saturated rings. The molecule has 0 aromatic carbocycles. The van der Waals surface area contributed by atoms with Crippen LogP contribution in [0.25, 0.3) is 0 Å². The van der Waals surface area contributed by atoms with E-state index in [2.05, 4.69) is 15.2 Å². The van der Waals surface area contributed by atoms with Crippen LogP contribution < -0.4 is 5.32 Å². The van der Waals surface area contributed by atoms with Crippen LogP contribution in [0.3, 0.4) is 0 Å². The Morgan fingerprint density at radius 3 is 2.91 bits per heavy atom. The van der Waals surface area contributed by atoms with Gasteiger partial charge in [-0.15, -0.1) is 0 Å². The predicted molar refractivity (Wildman–Crippen MR) is 68.3 cm³/mol. The highest BCUT2D eigenvalue weighted by Gasteiger charge is 2.47. The minimum Gasteiger partial charge on any atom is -0.467 e. The monoisotopic (exact) mass is 315 g/mol. The van der Waals surface area contributed by atoms with Gasteiger partial charge in [0.25, 0.3) is 0 Å². The topological polar surface area (TPSA) is 69.3 Å². The maximum absolute atomic E-state index is 13.3. The number of carbonyl (C=O) groups is 1. The Morgan fingerprint density at radius 2 is 2.32 bits per heavy atom. The van der Waals surface area contributed by atoms with Crippen molar-refractivity contribution >= 4 is 11.8 Å². The summed E-state index contributed by atoms with van der Waals surface area (Å²) in [5, 5.41) is 6.56. The molecule has 0 saturated heterocycles. The van der Waals surface area contributed by atoms with E-state index in [1.807, 2.05) is 0 Å². The van der Waals surface area contributed by atoms with Crippen LogP contribution >= 0.6 is 0 Å². The van der Waals surface area contributed by atoms with E-state index in [9.17, 15) is 18.0 Å². The molecule has 9 heteroatoms.